The van der Waals surface area contributed by atoms with E-state index in [1.165, 1.54) is 22.9 Å². The van der Waals surface area contributed by atoms with E-state index in [0.717, 1.165) is 11.8 Å². The number of para-hydroxylation sites is 1. The third kappa shape index (κ3) is 4.40. The van der Waals surface area contributed by atoms with E-state index in [2.05, 4.69) is 10.6 Å². The lowest BCUT2D eigenvalue weighted by Gasteiger charge is -2.12. The number of anilines is 1. The summed E-state index contributed by atoms with van der Waals surface area (Å²) in [5.41, 5.74) is 0.508. The highest BCUT2D eigenvalue weighted by Crippen LogP contribution is 2.24. The minimum absolute atomic E-state index is 0.0818. The fourth-order valence-corrected chi connectivity index (χ4v) is 3.53. The normalized spacial score (nSPS) is 12.0. The molecule has 0 aliphatic heterocycles. The molecule has 2 N–H and O–H groups in total. The Hall–Kier alpha value is -2.58. The molecule has 9 heteroatoms. The maximum absolute atomic E-state index is 13.3. The van der Waals surface area contributed by atoms with Crippen LogP contribution in [0, 0.1) is 5.82 Å². The van der Waals surface area contributed by atoms with Crippen LogP contribution in [0.2, 0.25) is 5.02 Å². The van der Waals surface area contributed by atoms with Crippen LogP contribution in [0.1, 0.15) is 13.3 Å². The predicted molar refractivity (Wildman–Crippen MR) is 101 cm³/mol. The third-order valence-electron chi connectivity index (χ3n) is 3.73. The number of carbonyl (C=O) groups is 1. The smallest absolute Gasteiger partial charge is 0.325 e. The van der Waals surface area contributed by atoms with Crippen LogP contribution in [0.5, 0.6) is 0 Å². The van der Waals surface area contributed by atoms with Crippen LogP contribution < -0.4 is 15.6 Å². The zero-order valence-electron chi connectivity index (χ0n) is 14.2. The summed E-state index contributed by atoms with van der Waals surface area (Å²) in [5.74, 6) is -0.893. The highest BCUT2D eigenvalue weighted by molar-refractivity contribution is 8.00. The molecule has 140 valence electrons. The molecule has 0 bridgehead atoms. The average molecular weight is 409 g/mol. The standard InChI is InChI=1S/C18H15ClFN3O3S/c1-2-15(16(24)21-11-8-9-14(20)13(19)10-11)27-17-18(25)26-22-23(17)12-6-4-3-5-7-12/h3-10,15H,2H2,1H3,(H-,21,22,24,25)/p+1. The molecular weight excluding hydrogens is 393 g/mol. The second-order valence-corrected chi connectivity index (χ2v) is 7.19. The summed E-state index contributed by atoms with van der Waals surface area (Å²) in [4.78, 5) is 24.7. The second kappa shape index (κ2) is 8.41. The van der Waals surface area contributed by atoms with Crippen molar-refractivity contribution < 1.29 is 18.4 Å². The van der Waals surface area contributed by atoms with Crippen molar-refractivity contribution in [2.45, 2.75) is 23.6 Å². The highest BCUT2D eigenvalue weighted by atomic mass is 35.5. The van der Waals surface area contributed by atoms with E-state index < -0.39 is 16.7 Å². The minimum atomic E-state index is -0.570. The maximum Gasteiger partial charge on any atom is 0.442 e. The Morgan fingerprint density at radius 3 is 2.74 bits per heavy atom. The van der Waals surface area contributed by atoms with Crippen molar-refractivity contribution in [3.05, 3.63) is 69.8 Å². The van der Waals surface area contributed by atoms with Gasteiger partial charge in [0.15, 0.2) is 0 Å². The van der Waals surface area contributed by atoms with Crippen molar-refractivity contribution in [1.82, 2.24) is 5.27 Å². The molecule has 2 aromatic carbocycles. The van der Waals surface area contributed by atoms with Crippen LogP contribution in [0.15, 0.2) is 62.9 Å². The van der Waals surface area contributed by atoms with Gasteiger partial charge >= 0.3 is 10.7 Å². The van der Waals surface area contributed by atoms with Crippen molar-refractivity contribution in [2.24, 2.45) is 0 Å². The van der Waals surface area contributed by atoms with E-state index in [9.17, 15) is 14.0 Å². The zero-order chi connectivity index (χ0) is 19.4. The molecule has 0 fully saturated rings. The molecule has 0 saturated carbocycles. The molecule has 0 saturated heterocycles. The summed E-state index contributed by atoms with van der Waals surface area (Å²) in [6.45, 7) is 1.83. The molecule has 0 radical (unpaired) electrons. The zero-order valence-corrected chi connectivity index (χ0v) is 15.8. The first-order valence-corrected chi connectivity index (χ1v) is 9.37. The molecule has 1 amide bonds. The number of amides is 1. The highest BCUT2D eigenvalue weighted by Gasteiger charge is 2.30. The van der Waals surface area contributed by atoms with Crippen LogP contribution in [0.3, 0.4) is 0 Å². The van der Waals surface area contributed by atoms with Crippen LogP contribution in [-0.2, 0) is 4.79 Å². The van der Waals surface area contributed by atoms with Crippen LogP contribution in [0.4, 0.5) is 10.1 Å². The van der Waals surface area contributed by atoms with Gasteiger partial charge in [-0.3, -0.25) is 9.32 Å². The Morgan fingerprint density at radius 1 is 1.33 bits per heavy atom. The van der Waals surface area contributed by atoms with E-state index in [4.69, 9.17) is 16.1 Å². The minimum Gasteiger partial charge on any atom is -0.325 e. The number of carbonyl (C=O) groups excluding carboxylic acids is 1. The number of nitrogens with one attached hydrogen (secondary N) is 2. The average Bonchev–Trinajstić information content (AvgIpc) is 3.03. The molecular formula is C18H16ClFN3O3S+. The fourth-order valence-electron chi connectivity index (χ4n) is 2.36. The summed E-state index contributed by atoms with van der Waals surface area (Å²) in [5, 5.41) is 4.83. The lowest BCUT2D eigenvalue weighted by atomic mass is 10.2. The number of rotatable bonds is 6. The van der Waals surface area contributed by atoms with Gasteiger partial charge in [0.25, 0.3) is 0 Å². The van der Waals surface area contributed by atoms with Crippen molar-refractivity contribution in [2.75, 3.05) is 5.32 Å². The number of halogens is 2. The molecule has 27 heavy (non-hydrogen) atoms. The monoisotopic (exact) mass is 408 g/mol. The number of aromatic nitrogens is 2. The summed E-state index contributed by atoms with van der Waals surface area (Å²) in [6.07, 6.45) is 0.463. The van der Waals surface area contributed by atoms with Gasteiger partial charge < -0.3 is 5.32 Å². The Kier molecular flexibility index (Phi) is 5.98. The summed E-state index contributed by atoms with van der Waals surface area (Å²) in [6, 6.07) is 13.0. The fraction of sp³-hybridized carbons (Fsp3) is 0.167. The van der Waals surface area contributed by atoms with Gasteiger partial charge in [-0.2, -0.15) is 0 Å². The number of aromatic amines is 1. The Labute approximate surface area is 163 Å². The summed E-state index contributed by atoms with van der Waals surface area (Å²) in [7, 11) is 0. The van der Waals surface area contributed by atoms with Gasteiger partial charge in [0, 0.05) is 17.8 Å². The Balaban J connectivity index is 1.81. The molecule has 0 aliphatic rings. The molecule has 1 unspecified atom stereocenters. The SMILES string of the molecule is CCC(Sc1c(=O)o[nH][n+]1-c1ccccc1)C(=O)Nc1ccc(F)c(Cl)c1. The molecule has 3 rings (SSSR count). The molecule has 0 aliphatic carbocycles. The molecule has 3 aromatic rings. The number of nitrogens with zero attached hydrogens (tertiary/aromatic N) is 1. The van der Waals surface area contributed by atoms with Gasteiger partial charge in [-0.15, -0.1) is 0 Å². The van der Waals surface area contributed by atoms with Gasteiger partial charge in [0.05, 0.1) is 10.3 Å². The lowest BCUT2D eigenvalue weighted by Crippen LogP contribution is -2.37. The third-order valence-corrected chi connectivity index (χ3v) is 5.42. The number of H-pyrrole nitrogens is 1. The topological polar surface area (TPSA) is 79.0 Å². The van der Waals surface area contributed by atoms with E-state index in [1.54, 1.807) is 12.1 Å². The molecule has 1 heterocycles. The quantitative estimate of drug-likeness (QED) is 0.483. The Morgan fingerprint density at radius 2 is 2.07 bits per heavy atom. The van der Waals surface area contributed by atoms with Crippen molar-refractivity contribution in [3.8, 4) is 5.69 Å². The number of benzene rings is 2. The van der Waals surface area contributed by atoms with E-state index in [0.29, 0.717) is 17.8 Å². The summed E-state index contributed by atoms with van der Waals surface area (Å²) >= 11 is 6.83. The first-order chi connectivity index (χ1) is 13.0. The summed E-state index contributed by atoms with van der Waals surface area (Å²) < 4.78 is 19.6. The number of hydrogen-bond donors (Lipinski definition) is 2. The predicted octanol–water partition coefficient (Wildman–Crippen LogP) is 3.55. The molecule has 1 aromatic heterocycles. The number of hydrogen-bond acceptors (Lipinski definition) is 4. The van der Waals surface area contributed by atoms with Crippen LogP contribution >= 0.6 is 23.4 Å². The van der Waals surface area contributed by atoms with Crippen molar-refractivity contribution in [3.63, 3.8) is 0 Å². The van der Waals surface area contributed by atoms with E-state index in [-0.39, 0.29) is 16.0 Å². The second-order valence-electron chi connectivity index (χ2n) is 5.59. The molecule has 1 atom stereocenters. The molecule has 6 nitrogen and oxygen atoms in total. The van der Waals surface area contributed by atoms with Crippen LogP contribution in [0.25, 0.3) is 5.69 Å². The van der Waals surface area contributed by atoms with Crippen molar-refractivity contribution >= 4 is 35.0 Å². The maximum atomic E-state index is 13.3. The first kappa shape index (κ1) is 19.2. The van der Waals surface area contributed by atoms with Crippen molar-refractivity contribution in [1.29, 1.82) is 0 Å². The van der Waals surface area contributed by atoms with E-state index >= 15 is 0 Å². The Bertz CT molecular complexity index is 1010. The van der Waals surface area contributed by atoms with Gasteiger partial charge in [0.1, 0.15) is 5.82 Å². The van der Waals surface area contributed by atoms with Gasteiger partial charge in [0.2, 0.25) is 11.6 Å². The van der Waals surface area contributed by atoms with E-state index in [1.807, 2.05) is 25.1 Å². The van der Waals surface area contributed by atoms with Crippen LogP contribution in [-0.4, -0.2) is 16.4 Å². The largest absolute Gasteiger partial charge is 0.442 e. The lowest BCUT2D eigenvalue weighted by molar-refractivity contribution is -0.704. The first-order valence-electron chi connectivity index (χ1n) is 8.11. The van der Waals surface area contributed by atoms with Gasteiger partial charge in [-0.1, -0.05) is 36.7 Å². The van der Waals surface area contributed by atoms with Gasteiger partial charge in [-0.25, -0.2) is 9.18 Å². The number of thioether (sulfide) groups is 1. The molecule has 0 spiro atoms. The van der Waals surface area contributed by atoms with Gasteiger partial charge in [-0.05, 0) is 46.3 Å².